The van der Waals surface area contributed by atoms with E-state index in [4.69, 9.17) is 9.52 Å². The Labute approximate surface area is 200 Å². The molecule has 0 spiro atoms. The summed E-state index contributed by atoms with van der Waals surface area (Å²) in [6.07, 6.45) is 1.90. The van der Waals surface area contributed by atoms with Gasteiger partial charge in [-0.15, -0.1) is 0 Å². The first-order valence-electron chi connectivity index (χ1n) is 10.7. The summed E-state index contributed by atoms with van der Waals surface area (Å²) < 4.78 is 31.1. The van der Waals surface area contributed by atoms with Crippen LogP contribution in [0.25, 0.3) is 0 Å². The summed E-state index contributed by atoms with van der Waals surface area (Å²) in [5.74, 6) is -0.118. The van der Waals surface area contributed by atoms with Crippen LogP contribution in [0, 0.1) is 20.8 Å². The Morgan fingerprint density at radius 3 is 2.15 bits per heavy atom. The van der Waals surface area contributed by atoms with E-state index in [1.807, 2.05) is 39.0 Å². The van der Waals surface area contributed by atoms with Gasteiger partial charge in [0.1, 0.15) is 5.76 Å². The van der Waals surface area contributed by atoms with E-state index < -0.39 is 22.1 Å². The number of carboxylic acids is 1. The molecule has 0 radical (unpaired) electrons. The number of carbonyl (C=O) groups is 1. The second kappa shape index (κ2) is 12.4. The number of nitrogens with zero attached hydrogens (tertiary/aromatic N) is 1. The lowest BCUT2D eigenvalue weighted by atomic mass is 10.0. The van der Waals surface area contributed by atoms with Crippen LogP contribution in [0.5, 0.6) is 0 Å². The van der Waals surface area contributed by atoms with Crippen molar-refractivity contribution in [2.75, 3.05) is 23.7 Å². The van der Waals surface area contributed by atoms with Crippen LogP contribution in [0.4, 0.5) is 5.69 Å². The van der Waals surface area contributed by atoms with Crippen LogP contribution in [0.2, 0.25) is 0 Å². The zero-order valence-corrected chi connectivity index (χ0v) is 20.7. The van der Waals surface area contributed by atoms with Crippen LogP contribution in [0.15, 0.2) is 65.3 Å². The zero-order valence-electron chi connectivity index (χ0n) is 19.9. The summed E-state index contributed by atoms with van der Waals surface area (Å²) in [4.78, 5) is 10.2. The molecule has 9 heteroatoms. The number of sulfonamides is 1. The largest absolute Gasteiger partial charge is 0.478 e. The number of aliphatic hydroxyl groups excluding tert-OH is 1. The van der Waals surface area contributed by atoms with Crippen molar-refractivity contribution in [3.63, 3.8) is 0 Å². The SMILES string of the molecule is Cc1cc(C)c(N(CC(O)CNCc2ccco2)S(C)(=O)=O)c(C)c1.O=C(O)c1ccccc1. The Bertz CT molecular complexity index is 1140. The van der Waals surface area contributed by atoms with E-state index in [-0.39, 0.29) is 13.1 Å². The van der Waals surface area contributed by atoms with Gasteiger partial charge < -0.3 is 19.9 Å². The van der Waals surface area contributed by atoms with Crippen LogP contribution in [-0.2, 0) is 16.6 Å². The molecule has 3 aromatic rings. The highest BCUT2D eigenvalue weighted by atomic mass is 32.2. The van der Waals surface area contributed by atoms with E-state index in [2.05, 4.69) is 5.32 Å². The summed E-state index contributed by atoms with van der Waals surface area (Å²) in [5, 5.41) is 21.8. The Morgan fingerprint density at radius 1 is 1.06 bits per heavy atom. The molecule has 0 fully saturated rings. The number of carboxylic acid groups (broad SMARTS) is 1. The molecule has 184 valence electrons. The molecular formula is C25H32N2O6S. The molecule has 0 aliphatic heterocycles. The Morgan fingerprint density at radius 2 is 1.68 bits per heavy atom. The molecule has 1 unspecified atom stereocenters. The number of hydrogen-bond acceptors (Lipinski definition) is 6. The van der Waals surface area contributed by atoms with Crippen molar-refractivity contribution < 1.29 is 27.8 Å². The van der Waals surface area contributed by atoms with Gasteiger partial charge in [0.25, 0.3) is 0 Å². The first-order chi connectivity index (χ1) is 16.0. The van der Waals surface area contributed by atoms with Crippen molar-refractivity contribution in [2.45, 2.75) is 33.4 Å². The van der Waals surface area contributed by atoms with Gasteiger partial charge in [0.2, 0.25) is 10.0 Å². The van der Waals surface area contributed by atoms with Crippen LogP contribution >= 0.6 is 0 Å². The monoisotopic (exact) mass is 488 g/mol. The van der Waals surface area contributed by atoms with Gasteiger partial charge in [0, 0.05) is 6.54 Å². The van der Waals surface area contributed by atoms with Crippen molar-refractivity contribution in [1.82, 2.24) is 5.32 Å². The Balaban J connectivity index is 0.000000379. The average Bonchev–Trinajstić information content (AvgIpc) is 3.26. The summed E-state index contributed by atoms with van der Waals surface area (Å²) in [7, 11) is -3.51. The van der Waals surface area contributed by atoms with Crippen molar-refractivity contribution in [1.29, 1.82) is 0 Å². The topological polar surface area (TPSA) is 120 Å². The molecule has 1 heterocycles. The summed E-state index contributed by atoms with van der Waals surface area (Å²) in [6.45, 7) is 6.48. The smallest absolute Gasteiger partial charge is 0.335 e. The van der Waals surface area contributed by atoms with Crippen LogP contribution in [0.1, 0.15) is 32.8 Å². The van der Waals surface area contributed by atoms with Gasteiger partial charge >= 0.3 is 5.97 Å². The third-order valence-corrected chi connectivity index (χ3v) is 6.07. The molecule has 1 atom stereocenters. The number of nitrogens with one attached hydrogen (secondary N) is 1. The highest BCUT2D eigenvalue weighted by Crippen LogP contribution is 2.28. The zero-order chi connectivity index (χ0) is 25.3. The number of aromatic carboxylic acids is 1. The van der Waals surface area contributed by atoms with Crippen molar-refractivity contribution in [3.8, 4) is 0 Å². The van der Waals surface area contributed by atoms with Crippen LogP contribution in [0.3, 0.4) is 0 Å². The first-order valence-corrected chi connectivity index (χ1v) is 12.6. The fraction of sp³-hybridized carbons (Fsp3) is 0.320. The van der Waals surface area contributed by atoms with Gasteiger partial charge in [-0.2, -0.15) is 0 Å². The minimum absolute atomic E-state index is 0.00523. The van der Waals surface area contributed by atoms with Gasteiger partial charge in [-0.25, -0.2) is 13.2 Å². The predicted molar refractivity (Wildman–Crippen MR) is 133 cm³/mol. The lowest BCUT2D eigenvalue weighted by molar-refractivity contribution is 0.0697. The summed E-state index contributed by atoms with van der Waals surface area (Å²) in [5.41, 5.74) is 3.79. The van der Waals surface area contributed by atoms with E-state index in [0.29, 0.717) is 17.8 Å². The third kappa shape index (κ3) is 8.33. The number of furan rings is 1. The fourth-order valence-electron chi connectivity index (χ4n) is 3.57. The molecule has 34 heavy (non-hydrogen) atoms. The van der Waals surface area contributed by atoms with Crippen LogP contribution in [-0.4, -0.2) is 50.0 Å². The minimum atomic E-state index is -3.51. The van der Waals surface area contributed by atoms with E-state index in [1.165, 1.54) is 4.31 Å². The molecule has 0 aliphatic carbocycles. The molecule has 0 amide bonds. The molecule has 2 aromatic carbocycles. The number of hydrogen-bond donors (Lipinski definition) is 3. The van der Waals surface area contributed by atoms with Gasteiger partial charge in [-0.05, 0) is 56.2 Å². The van der Waals surface area contributed by atoms with Crippen molar-refractivity contribution >= 4 is 21.7 Å². The second-order valence-corrected chi connectivity index (χ2v) is 9.98. The molecule has 1 aromatic heterocycles. The minimum Gasteiger partial charge on any atom is -0.478 e. The average molecular weight is 489 g/mol. The maximum absolute atomic E-state index is 12.3. The number of benzene rings is 2. The van der Waals surface area contributed by atoms with Crippen LogP contribution < -0.4 is 9.62 Å². The molecule has 3 N–H and O–H groups in total. The van der Waals surface area contributed by atoms with Gasteiger partial charge in [-0.1, -0.05) is 35.9 Å². The standard InChI is InChI=1S/C18H26N2O4S.C7H6O2/c1-13-8-14(2)18(15(3)9-13)20(25(4,22)23)12-16(21)10-19-11-17-6-5-7-24-17;8-7(9)6-4-2-1-3-5-6/h5-9,16,19,21H,10-12H2,1-4H3;1-5H,(H,8,9). The maximum Gasteiger partial charge on any atom is 0.335 e. The molecule has 0 bridgehead atoms. The van der Waals surface area contributed by atoms with E-state index in [1.54, 1.807) is 42.7 Å². The summed E-state index contributed by atoms with van der Waals surface area (Å²) >= 11 is 0. The second-order valence-electron chi connectivity index (χ2n) is 8.08. The lowest BCUT2D eigenvalue weighted by Gasteiger charge is -2.28. The number of aliphatic hydroxyl groups is 1. The van der Waals surface area contributed by atoms with E-state index in [9.17, 15) is 18.3 Å². The third-order valence-electron chi connectivity index (χ3n) is 4.94. The molecule has 0 saturated carbocycles. The van der Waals surface area contributed by atoms with E-state index >= 15 is 0 Å². The maximum atomic E-state index is 12.3. The molecular weight excluding hydrogens is 456 g/mol. The quantitative estimate of drug-likeness (QED) is 0.422. The summed E-state index contributed by atoms with van der Waals surface area (Å²) in [6, 6.07) is 15.8. The van der Waals surface area contributed by atoms with Gasteiger partial charge in [-0.3, -0.25) is 4.31 Å². The lowest BCUT2D eigenvalue weighted by Crippen LogP contribution is -2.41. The highest BCUT2D eigenvalue weighted by molar-refractivity contribution is 7.92. The fourth-order valence-corrected chi connectivity index (χ4v) is 4.63. The molecule has 3 rings (SSSR count). The Hall–Kier alpha value is -3.14. The molecule has 8 nitrogen and oxygen atoms in total. The number of anilines is 1. The predicted octanol–water partition coefficient (Wildman–Crippen LogP) is 3.51. The van der Waals surface area contributed by atoms with Crippen molar-refractivity contribution in [2.24, 2.45) is 0 Å². The normalized spacial score (nSPS) is 11.9. The van der Waals surface area contributed by atoms with Gasteiger partial charge in [0.05, 0.1) is 43.0 Å². The Kier molecular flexibility index (Phi) is 9.85. The van der Waals surface area contributed by atoms with Gasteiger partial charge in [0.15, 0.2) is 0 Å². The first kappa shape index (κ1) is 27.1. The number of rotatable bonds is 9. The van der Waals surface area contributed by atoms with Crippen molar-refractivity contribution in [3.05, 3.63) is 88.9 Å². The molecule has 0 aliphatic rings. The number of aryl methyl sites for hydroxylation is 3. The highest BCUT2D eigenvalue weighted by Gasteiger charge is 2.24. The van der Waals surface area contributed by atoms with E-state index in [0.717, 1.165) is 28.7 Å². The molecule has 0 saturated heterocycles.